The first kappa shape index (κ1) is 29.9. The van der Waals surface area contributed by atoms with Gasteiger partial charge in [0.25, 0.3) is 0 Å². The van der Waals surface area contributed by atoms with Gasteiger partial charge in [-0.2, -0.15) is 20.8 Å². The highest BCUT2D eigenvalue weighted by molar-refractivity contribution is 6.71. The van der Waals surface area contributed by atoms with E-state index >= 15 is 0 Å². The first-order chi connectivity index (χ1) is 14.9. The molecule has 32 heavy (non-hydrogen) atoms. The zero-order chi connectivity index (χ0) is 24.7. The summed E-state index contributed by atoms with van der Waals surface area (Å²) in [7, 11) is -0.125. The molecular weight excluding hydrogens is 428 g/mol. The van der Waals surface area contributed by atoms with Gasteiger partial charge >= 0.3 is 5.97 Å². The number of nitriles is 2. The second-order valence-electron chi connectivity index (χ2n) is 8.95. The predicted octanol–water partition coefficient (Wildman–Crippen LogP) is 4.34. The van der Waals surface area contributed by atoms with Crippen LogP contribution in [0.1, 0.15) is 59.3 Å². The molecule has 0 bridgehead atoms. The number of esters is 1. The smallest absolute Gasteiger partial charge is 0.305 e. The minimum Gasteiger partial charge on any atom is -0.466 e. The summed E-state index contributed by atoms with van der Waals surface area (Å²) >= 11 is 0. The first-order valence-electron chi connectivity index (χ1n) is 11.0. The molecule has 9 nitrogen and oxygen atoms in total. The molecule has 0 aromatic heterocycles. The fourth-order valence-electron chi connectivity index (χ4n) is 2.62. The van der Waals surface area contributed by atoms with Gasteiger partial charge in [0, 0.05) is 33.2 Å². The molecule has 0 aliphatic heterocycles. The maximum atomic E-state index is 12.1. The quantitative estimate of drug-likeness (QED) is 0.135. The van der Waals surface area contributed by atoms with Crippen LogP contribution in [-0.4, -0.2) is 58.1 Å². The summed E-state index contributed by atoms with van der Waals surface area (Å²) in [6.07, 6.45) is 2.16. The molecule has 0 N–H and O–H groups in total. The molecule has 2 unspecified atom stereocenters. The van der Waals surface area contributed by atoms with Crippen LogP contribution < -0.4 is 0 Å². The SMILES string of the molecule is COCCCO[Si](C)(C)CCCOC(=O)CCC(C)(C#N)N=NC(C)(C#N)CCC(C)=O. The van der Waals surface area contributed by atoms with Gasteiger partial charge in [0.15, 0.2) is 19.4 Å². The minimum absolute atomic E-state index is 0.0220. The minimum atomic E-state index is -1.79. The van der Waals surface area contributed by atoms with E-state index in [4.69, 9.17) is 13.9 Å². The molecule has 10 heteroatoms. The van der Waals surface area contributed by atoms with Crippen LogP contribution in [0.4, 0.5) is 0 Å². The number of Topliss-reactive ketones (excluding diaryl/α,β-unsaturated/α-hetero) is 1. The number of carbonyl (C=O) groups is 2. The highest BCUT2D eigenvalue weighted by atomic mass is 28.4. The van der Waals surface area contributed by atoms with Gasteiger partial charge < -0.3 is 18.7 Å². The third kappa shape index (κ3) is 14.0. The van der Waals surface area contributed by atoms with Gasteiger partial charge in [0.05, 0.1) is 18.7 Å². The van der Waals surface area contributed by atoms with E-state index in [1.54, 1.807) is 21.0 Å². The monoisotopic (exact) mass is 466 g/mol. The molecule has 0 amide bonds. The third-order valence-electron chi connectivity index (χ3n) is 4.92. The zero-order valence-corrected chi connectivity index (χ0v) is 21.4. The number of ketones is 1. The van der Waals surface area contributed by atoms with E-state index in [-0.39, 0.29) is 31.5 Å². The second kappa shape index (κ2) is 14.8. The Morgan fingerprint density at radius 1 is 0.938 bits per heavy atom. The van der Waals surface area contributed by atoms with Gasteiger partial charge in [-0.25, -0.2) is 0 Å². The molecule has 2 atom stereocenters. The molecule has 0 saturated heterocycles. The summed E-state index contributed by atoms with van der Waals surface area (Å²) in [5.74, 6) is -0.446. The van der Waals surface area contributed by atoms with Crippen molar-refractivity contribution in [3.63, 3.8) is 0 Å². The molecule has 0 heterocycles. The normalized spacial score (nSPS) is 15.4. The lowest BCUT2D eigenvalue weighted by Gasteiger charge is -2.22. The van der Waals surface area contributed by atoms with E-state index in [1.807, 2.05) is 12.1 Å². The fraction of sp³-hybridized carbons (Fsp3) is 0.818. The van der Waals surface area contributed by atoms with Crippen molar-refractivity contribution in [2.24, 2.45) is 10.2 Å². The summed E-state index contributed by atoms with van der Waals surface area (Å²) in [5.41, 5.74) is -2.44. The number of nitrogens with zero attached hydrogens (tertiary/aromatic N) is 4. The summed E-state index contributed by atoms with van der Waals surface area (Å²) in [6.45, 7) is 10.5. The lowest BCUT2D eigenvalue weighted by Crippen LogP contribution is -2.31. The van der Waals surface area contributed by atoms with Crippen molar-refractivity contribution >= 4 is 20.1 Å². The number of azo groups is 1. The number of rotatable bonds is 17. The van der Waals surface area contributed by atoms with Crippen LogP contribution in [0.2, 0.25) is 19.1 Å². The third-order valence-corrected chi connectivity index (χ3v) is 7.47. The molecule has 0 aliphatic rings. The summed E-state index contributed by atoms with van der Waals surface area (Å²) in [5, 5.41) is 26.9. The molecule has 0 aromatic carbocycles. The average molecular weight is 467 g/mol. The van der Waals surface area contributed by atoms with E-state index in [0.29, 0.717) is 19.8 Å². The van der Waals surface area contributed by atoms with E-state index in [2.05, 4.69) is 23.3 Å². The zero-order valence-electron chi connectivity index (χ0n) is 20.4. The van der Waals surface area contributed by atoms with E-state index in [0.717, 1.165) is 18.9 Å². The Kier molecular flexibility index (Phi) is 13.8. The Labute approximate surface area is 193 Å². The Bertz CT molecular complexity index is 716. The molecular formula is C22H38N4O5Si. The maximum Gasteiger partial charge on any atom is 0.305 e. The van der Waals surface area contributed by atoms with Crippen LogP contribution >= 0.6 is 0 Å². The Balaban J connectivity index is 4.47. The molecule has 0 saturated carbocycles. The van der Waals surface area contributed by atoms with Gasteiger partial charge in [-0.15, -0.1) is 0 Å². The molecule has 0 rings (SSSR count). The molecule has 0 fully saturated rings. The summed E-state index contributed by atoms with van der Waals surface area (Å²) < 4.78 is 16.3. The Hall–Kier alpha value is -2.14. The number of hydrogen-bond acceptors (Lipinski definition) is 9. The van der Waals surface area contributed by atoms with Crippen molar-refractivity contribution in [1.82, 2.24) is 0 Å². The van der Waals surface area contributed by atoms with Gasteiger partial charge in [-0.3, -0.25) is 4.79 Å². The van der Waals surface area contributed by atoms with Crippen molar-refractivity contribution in [3.05, 3.63) is 0 Å². The Morgan fingerprint density at radius 3 is 2.00 bits per heavy atom. The highest BCUT2D eigenvalue weighted by Gasteiger charge is 2.29. The lowest BCUT2D eigenvalue weighted by molar-refractivity contribution is -0.144. The van der Waals surface area contributed by atoms with Crippen molar-refractivity contribution in [2.75, 3.05) is 26.9 Å². The van der Waals surface area contributed by atoms with Crippen LogP contribution in [0.5, 0.6) is 0 Å². The van der Waals surface area contributed by atoms with Crippen LogP contribution in [0.15, 0.2) is 10.2 Å². The van der Waals surface area contributed by atoms with Crippen LogP contribution in [0.3, 0.4) is 0 Å². The van der Waals surface area contributed by atoms with Crippen LogP contribution in [-0.2, 0) is 23.5 Å². The molecule has 180 valence electrons. The van der Waals surface area contributed by atoms with Crippen molar-refractivity contribution < 1.29 is 23.5 Å². The topological polar surface area (TPSA) is 134 Å². The summed E-state index contributed by atoms with van der Waals surface area (Å²) in [4.78, 5) is 23.3. The number of ether oxygens (including phenoxy) is 2. The average Bonchev–Trinajstić information content (AvgIpc) is 2.75. The number of methoxy groups -OCH3 is 1. The van der Waals surface area contributed by atoms with Crippen molar-refractivity contribution in [3.8, 4) is 12.1 Å². The molecule has 0 radical (unpaired) electrons. The van der Waals surface area contributed by atoms with Gasteiger partial charge in [-0.1, -0.05) is 0 Å². The second-order valence-corrected chi connectivity index (χ2v) is 13.3. The predicted molar refractivity (Wildman–Crippen MR) is 122 cm³/mol. The molecule has 0 aromatic rings. The van der Waals surface area contributed by atoms with Crippen molar-refractivity contribution in [1.29, 1.82) is 10.5 Å². The largest absolute Gasteiger partial charge is 0.466 e. The van der Waals surface area contributed by atoms with Crippen LogP contribution in [0, 0.1) is 22.7 Å². The number of carbonyl (C=O) groups excluding carboxylic acids is 2. The lowest BCUT2D eigenvalue weighted by atomic mass is 9.97. The van der Waals surface area contributed by atoms with E-state index < -0.39 is 25.4 Å². The van der Waals surface area contributed by atoms with Gasteiger partial charge in [-0.05, 0) is 65.6 Å². The van der Waals surface area contributed by atoms with Crippen molar-refractivity contribution in [2.45, 2.75) is 89.5 Å². The number of hydrogen-bond donors (Lipinski definition) is 0. The van der Waals surface area contributed by atoms with Gasteiger partial charge in [0.2, 0.25) is 0 Å². The fourth-order valence-corrected chi connectivity index (χ4v) is 4.46. The highest BCUT2D eigenvalue weighted by Crippen LogP contribution is 2.24. The maximum absolute atomic E-state index is 12.1. The van der Waals surface area contributed by atoms with Gasteiger partial charge in [0.1, 0.15) is 5.78 Å². The molecule has 0 aliphatic carbocycles. The summed E-state index contributed by atoms with van der Waals surface area (Å²) in [6, 6.07) is 4.96. The first-order valence-corrected chi connectivity index (χ1v) is 14.1. The van der Waals surface area contributed by atoms with E-state index in [1.165, 1.54) is 6.92 Å². The van der Waals surface area contributed by atoms with E-state index in [9.17, 15) is 20.1 Å². The standard InChI is InChI=1S/C22H38N4O5Si/c1-19(27)9-11-21(2,17-23)25-26-22(3,18-24)12-10-20(28)30-14-8-16-32(5,6)31-15-7-13-29-4/h7-16H2,1-6H3. The molecule has 0 spiro atoms. The van der Waals surface area contributed by atoms with Crippen LogP contribution in [0.25, 0.3) is 0 Å². The Morgan fingerprint density at radius 2 is 1.50 bits per heavy atom.